The number of furan rings is 1. The molecule has 0 aliphatic carbocycles. The Bertz CT molecular complexity index is 769. The number of hydrogen-bond acceptors (Lipinski definition) is 6. The van der Waals surface area contributed by atoms with Crippen LogP contribution in [-0.2, 0) is 13.1 Å². The van der Waals surface area contributed by atoms with Gasteiger partial charge >= 0.3 is 0 Å². The Labute approximate surface area is 137 Å². The molecule has 0 radical (unpaired) electrons. The molecule has 0 aliphatic heterocycles. The predicted octanol–water partition coefficient (Wildman–Crippen LogP) is 2.98. The van der Waals surface area contributed by atoms with Crippen molar-refractivity contribution >= 4 is 22.4 Å². The highest BCUT2D eigenvalue weighted by Crippen LogP contribution is 2.23. The zero-order valence-corrected chi connectivity index (χ0v) is 13.4. The molecular formula is C16H16N4O2S. The Morgan fingerprint density at radius 1 is 1.26 bits per heavy atom. The maximum atomic E-state index is 12.3. The lowest BCUT2D eigenvalue weighted by molar-refractivity contribution is 0.0954. The molecule has 0 aromatic carbocycles. The first-order valence-corrected chi connectivity index (χ1v) is 7.95. The topological polar surface area (TPSA) is 80.0 Å². The van der Waals surface area contributed by atoms with Gasteiger partial charge in [-0.2, -0.15) is 0 Å². The number of aryl methyl sites for hydroxylation is 1. The third kappa shape index (κ3) is 3.95. The monoisotopic (exact) mass is 328 g/mol. The van der Waals surface area contributed by atoms with E-state index < -0.39 is 0 Å². The molecule has 2 N–H and O–H groups in total. The van der Waals surface area contributed by atoms with Crippen molar-refractivity contribution in [3.05, 3.63) is 64.8 Å². The molecule has 0 spiro atoms. The predicted molar refractivity (Wildman–Crippen MR) is 88.3 cm³/mol. The molecule has 7 heteroatoms. The van der Waals surface area contributed by atoms with Crippen molar-refractivity contribution in [1.82, 2.24) is 15.3 Å². The molecule has 0 saturated carbocycles. The summed E-state index contributed by atoms with van der Waals surface area (Å²) in [6.07, 6.45) is 5.04. The highest BCUT2D eigenvalue weighted by Gasteiger charge is 2.15. The number of aromatic nitrogens is 2. The summed E-state index contributed by atoms with van der Waals surface area (Å²) < 4.78 is 5.26. The van der Waals surface area contributed by atoms with Gasteiger partial charge in [-0.15, -0.1) is 0 Å². The zero-order valence-electron chi connectivity index (χ0n) is 12.6. The molecule has 6 nitrogen and oxygen atoms in total. The second kappa shape index (κ2) is 7.06. The van der Waals surface area contributed by atoms with Gasteiger partial charge in [0.25, 0.3) is 5.91 Å². The van der Waals surface area contributed by atoms with Gasteiger partial charge in [0, 0.05) is 18.9 Å². The fourth-order valence-electron chi connectivity index (χ4n) is 2.02. The molecule has 0 saturated heterocycles. The zero-order chi connectivity index (χ0) is 16.1. The van der Waals surface area contributed by atoms with E-state index in [0.29, 0.717) is 28.8 Å². The Morgan fingerprint density at radius 2 is 2.09 bits per heavy atom. The number of carbonyl (C=O) groups excluding carboxylic acids is 1. The van der Waals surface area contributed by atoms with E-state index in [0.717, 1.165) is 11.3 Å². The quantitative estimate of drug-likeness (QED) is 0.727. The van der Waals surface area contributed by atoms with Crippen LogP contribution in [0.15, 0.2) is 47.3 Å². The van der Waals surface area contributed by atoms with Gasteiger partial charge in [-0.25, -0.2) is 4.98 Å². The average Bonchev–Trinajstić information content (AvgIpc) is 3.21. The van der Waals surface area contributed by atoms with E-state index in [4.69, 9.17) is 4.42 Å². The van der Waals surface area contributed by atoms with E-state index in [-0.39, 0.29) is 5.91 Å². The van der Waals surface area contributed by atoms with Crippen molar-refractivity contribution in [1.29, 1.82) is 0 Å². The van der Waals surface area contributed by atoms with Gasteiger partial charge in [0.2, 0.25) is 0 Å². The van der Waals surface area contributed by atoms with Crippen LogP contribution in [0.3, 0.4) is 0 Å². The van der Waals surface area contributed by atoms with Crippen LogP contribution in [0.5, 0.6) is 0 Å². The molecule has 0 fully saturated rings. The van der Waals surface area contributed by atoms with Crippen LogP contribution in [0.1, 0.15) is 26.7 Å². The van der Waals surface area contributed by atoms with Crippen LogP contribution in [0.4, 0.5) is 5.13 Å². The first kappa shape index (κ1) is 15.2. The van der Waals surface area contributed by atoms with Crippen molar-refractivity contribution in [3.63, 3.8) is 0 Å². The van der Waals surface area contributed by atoms with Crippen LogP contribution in [0, 0.1) is 6.92 Å². The van der Waals surface area contributed by atoms with Crippen LogP contribution < -0.4 is 10.6 Å². The number of nitrogens with one attached hydrogen (secondary N) is 2. The maximum absolute atomic E-state index is 12.3. The highest BCUT2D eigenvalue weighted by atomic mass is 32.1. The lowest BCUT2D eigenvalue weighted by Gasteiger charge is -2.03. The minimum atomic E-state index is -0.122. The molecule has 0 atom stereocenters. The minimum Gasteiger partial charge on any atom is -0.467 e. The number of rotatable bonds is 6. The van der Waals surface area contributed by atoms with Crippen molar-refractivity contribution in [3.8, 4) is 0 Å². The van der Waals surface area contributed by atoms with Gasteiger partial charge in [-0.1, -0.05) is 11.3 Å². The van der Waals surface area contributed by atoms with Gasteiger partial charge in [0.05, 0.1) is 18.5 Å². The SMILES string of the molecule is Cc1nc(NCc2ccco2)sc1C(=O)NCc1ccncc1. The number of anilines is 1. The summed E-state index contributed by atoms with van der Waals surface area (Å²) in [5.41, 5.74) is 1.72. The standard InChI is InChI=1S/C16H16N4O2S/c1-11-14(15(21)18-9-12-4-6-17-7-5-12)23-16(20-11)19-10-13-3-2-8-22-13/h2-8H,9-10H2,1H3,(H,18,21)(H,19,20). The van der Waals surface area contributed by atoms with Crippen molar-refractivity contribution < 1.29 is 9.21 Å². The minimum absolute atomic E-state index is 0.122. The molecule has 1 amide bonds. The summed E-state index contributed by atoms with van der Waals surface area (Å²) in [7, 11) is 0. The fourth-order valence-corrected chi connectivity index (χ4v) is 2.90. The third-order valence-electron chi connectivity index (χ3n) is 3.20. The molecular weight excluding hydrogens is 312 g/mol. The highest BCUT2D eigenvalue weighted by molar-refractivity contribution is 7.17. The Kier molecular flexibility index (Phi) is 4.68. The summed E-state index contributed by atoms with van der Waals surface area (Å²) in [6.45, 7) is 2.84. The number of carbonyl (C=O) groups is 1. The molecule has 3 heterocycles. The summed E-state index contributed by atoms with van der Waals surface area (Å²) in [6, 6.07) is 7.46. The van der Waals surface area contributed by atoms with E-state index in [9.17, 15) is 4.79 Å². The lowest BCUT2D eigenvalue weighted by Crippen LogP contribution is -2.22. The van der Waals surface area contributed by atoms with E-state index >= 15 is 0 Å². The Morgan fingerprint density at radius 3 is 2.83 bits per heavy atom. The molecule has 118 valence electrons. The number of hydrogen-bond donors (Lipinski definition) is 2. The van der Waals surface area contributed by atoms with Crippen molar-refractivity contribution in [2.75, 3.05) is 5.32 Å². The van der Waals surface area contributed by atoms with Crippen LogP contribution in [0.2, 0.25) is 0 Å². The summed E-state index contributed by atoms with van der Waals surface area (Å²) >= 11 is 1.34. The third-order valence-corrected chi connectivity index (χ3v) is 4.31. The number of nitrogens with zero attached hydrogens (tertiary/aromatic N) is 2. The second-order valence-electron chi connectivity index (χ2n) is 4.90. The number of amides is 1. The summed E-state index contributed by atoms with van der Waals surface area (Å²) in [5, 5.41) is 6.76. The van der Waals surface area contributed by atoms with Crippen LogP contribution in [0.25, 0.3) is 0 Å². The van der Waals surface area contributed by atoms with E-state index in [1.165, 1.54) is 11.3 Å². The molecule has 0 aliphatic rings. The molecule has 0 bridgehead atoms. The van der Waals surface area contributed by atoms with E-state index in [1.54, 1.807) is 18.7 Å². The van der Waals surface area contributed by atoms with Crippen molar-refractivity contribution in [2.24, 2.45) is 0 Å². The molecule has 0 unspecified atom stereocenters. The smallest absolute Gasteiger partial charge is 0.263 e. The van der Waals surface area contributed by atoms with Gasteiger partial charge < -0.3 is 15.1 Å². The van der Waals surface area contributed by atoms with Gasteiger partial charge in [-0.3, -0.25) is 9.78 Å². The fraction of sp³-hybridized carbons (Fsp3) is 0.188. The molecule has 3 aromatic rings. The number of pyridine rings is 1. The first-order chi connectivity index (χ1) is 11.2. The molecule has 23 heavy (non-hydrogen) atoms. The van der Waals surface area contributed by atoms with Gasteiger partial charge in [-0.05, 0) is 36.8 Å². The normalized spacial score (nSPS) is 10.5. The second-order valence-corrected chi connectivity index (χ2v) is 5.90. The lowest BCUT2D eigenvalue weighted by atomic mass is 10.2. The van der Waals surface area contributed by atoms with Gasteiger partial charge in [0.15, 0.2) is 5.13 Å². The van der Waals surface area contributed by atoms with Gasteiger partial charge in [0.1, 0.15) is 10.6 Å². The first-order valence-electron chi connectivity index (χ1n) is 7.13. The van der Waals surface area contributed by atoms with Crippen LogP contribution >= 0.6 is 11.3 Å². The molecule has 3 aromatic heterocycles. The van der Waals surface area contributed by atoms with Crippen molar-refractivity contribution in [2.45, 2.75) is 20.0 Å². The summed E-state index contributed by atoms with van der Waals surface area (Å²) in [4.78, 5) is 21.2. The molecule has 3 rings (SSSR count). The Hall–Kier alpha value is -2.67. The Balaban J connectivity index is 1.59. The number of thiazole rings is 1. The van der Waals surface area contributed by atoms with Crippen LogP contribution in [-0.4, -0.2) is 15.9 Å². The summed E-state index contributed by atoms with van der Waals surface area (Å²) in [5.74, 6) is 0.699. The van der Waals surface area contributed by atoms with E-state index in [1.807, 2.05) is 31.2 Å². The maximum Gasteiger partial charge on any atom is 0.263 e. The van der Waals surface area contributed by atoms with E-state index in [2.05, 4.69) is 20.6 Å². The largest absolute Gasteiger partial charge is 0.467 e. The average molecular weight is 328 g/mol.